The normalized spacial score (nSPS) is 15.2. The fourth-order valence-corrected chi connectivity index (χ4v) is 5.61. The van der Waals surface area contributed by atoms with Crippen LogP contribution in [-0.2, 0) is 9.53 Å². The number of hydrogen-bond donors (Lipinski definition) is 0. The van der Waals surface area contributed by atoms with E-state index < -0.39 is 12.0 Å². The third-order valence-corrected chi connectivity index (χ3v) is 7.59. The number of aromatic nitrogens is 1. The quantitative estimate of drug-likeness (QED) is 0.402. The minimum atomic E-state index is -0.872. The first kappa shape index (κ1) is 26.8. The molecule has 0 aliphatic carbocycles. The van der Waals surface area contributed by atoms with Crippen LogP contribution in [0.15, 0.2) is 51.4 Å². The standard InChI is InChI=1S/C26H24Cl2N2O6S/c1-6-36-25(32)20-13(2)29-26-30(22(20)15-8-7-9-16(27)21(15)28)24(31)19(37-26)12-14-10-17(33-3)23(35-5)18(11-14)34-4/h7-12,22H,6H2,1-5H3/b19-12-/t22-/m0/s1. The zero-order valence-corrected chi connectivity index (χ0v) is 23.1. The number of rotatable bonds is 7. The Hall–Kier alpha value is -3.27. The molecule has 2 heterocycles. The lowest BCUT2D eigenvalue weighted by Crippen LogP contribution is -2.40. The lowest BCUT2D eigenvalue weighted by molar-refractivity contribution is -0.139. The van der Waals surface area contributed by atoms with Crippen LogP contribution >= 0.6 is 34.5 Å². The average Bonchev–Trinajstić information content (AvgIpc) is 3.18. The lowest BCUT2D eigenvalue weighted by atomic mass is 9.96. The Kier molecular flexibility index (Phi) is 7.96. The summed E-state index contributed by atoms with van der Waals surface area (Å²) in [5, 5.41) is 0.543. The fourth-order valence-electron chi connectivity index (χ4n) is 4.15. The molecule has 37 heavy (non-hydrogen) atoms. The van der Waals surface area contributed by atoms with Crippen LogP contribution in [0, 0.1) is 0 Å². The monoisotopic (exact) mass is 562 g/mol. The highest BCUT2D eigenvalue weighted by atomic mass is 35.5. The Morgan fingerprint density at radius 2 is 1.81 bits per heavy atom. The number of benzene rings is 2. The smallest absolute Gasteiger partial charge is 0.338 e. The molecule has 0 N–H and O–H groups in total. The molecule has 1 aromatic heterocycles. The molecule has 0 spiro atoms. The molecule has 3 aromatic rings. The van der Waals surface area contributed by atoms with Crippen molar-refractivity contribution >= 4 is 46.6 Å². The molecule has 0 unspecified atom stereocenters. The Morgan fingerprint density at radius 1 is 1.14 bits per heavy atom. The number of thiazole rings is 1. The number of methoxy groups -OCH3 is 3. The molecule has 0 amide bonds. The SMILES string of the molecule is CCOC(=O)C1=C(C)N=c2s/c(=C\c3cc(OC)c(OC)c(OC)c3)c(=O)n2[C@H]1c1cccc(Cl)c1Cl. The molecule has 0 bridgehead atoms. The molecule has 8 nitrogen and oxygen atoms in total. The van der Waals surface area contributed by atoms with E-state index in [-0.39, 0.29) is 22.8 Å². The van der Waals surface area contributed by atoms with Crippen molar-refractivity contribution in [1.82, 2.24) is 4.57 Å². The highest BCUT2D eigenvalue weighted by Gasteiger charge is 2.34. The van der Waals surface area contributed by atoms with Gasteiger partial charge in [0.1, 0.15) is 6.04 Å². The molecular weight excluding hydrogens is 539 g/mol. The second-order valence-electron chi connectivity index (χ2n) is 7.90. The maximum atomic E-state index is 13.8. The van der Waals surface area contributed by atoms with E-state index in [2.05, 4.69) is 4.99 Å². The van der Waals surface area contributed by atoms with Crippen LogP contribution < -0.4 is 29.1 Å². The number of allylic oxidation sites excluding steroid dienone is 1. The average molecular weight is 563 g/mol. The summed E-state index contributed by atoms with van der Waals surface area (Å²) < 4.78 is 23.4. The van der Waals surface area contributed by atoms with Crippen molar-refractivity contribution in [1.29, 1.82) is 0 Å². The molecule has 1 aliphatic heterocycles. The van der Waals surface area contributed by atoms with E-state index in [9.17, 15) is 9.59 Å². The molecule has 4 rings (SSSR count). The number of halogens is 2. The number of ether oxygens (including phenoxy) is 4. The van der Waals surface area contributed by atoms with E-state index in [0.29, 0.717) is 48.4 Å². The van der Waals surface area contributed by atoms with E-state index in [4.69, 9.17) is 42.1 Å². The van der Waals surface area contributed by atoms with Crippen LogP contribution in [0.25, 0.3) is 6.08 Å². The fraction of sp³-hybridized carbons (Fsp3) is 0.269. The Balaban J connectivity index is 1.99. The maximum Gasteiger partial charge on any atom is 0.338 e. The summed E-state index contributed by atoms with van der Waals surface area (Å²) in [6, 6.07) is 7.69. The number of esters is 1. The van der Waals surface area contributed by atoms with Crippen LogP contribution in [0.1, 0.15) is 31.0 Å². The Morgan fingerprint density at radius 3 is 2.41 bits per heavy atom. The van der Waals surface area contributed by atoms with E-state index in [1.54, 1.807) is 50.3 Å². The van der Waals surface area contributed by atoms with Gasteiger partial charge in [0.15, 0.2) is 16.3 Å². The van der Waals surface area contributed by atoms with Gasteiger partial charge in [-0.1, -0.05) is 46.7 Å². The van der Waals surface area contributed by atoms with E-state index in [0.717, 1.165) is 0 Å². The van der Waals surface area contributed by atoms with Crippen molar-refractivity contribution in [3.8, 4) is 17.2 Å². The summed E-state index contributed by atoms with van der Waals surface area (Å²) in [4.78, 5) is 31.8. The lowest BCUT2D eigenvalue weighted by Gasteiger charge is -2.25. The summed E-state index contributed by atoms with van der Waals surface area (Å²) in [5.41, 5.74) is 1.44. The largest absolute Gasteiger partial charge is 0.493 e. The van der Waals surface area contributed by atoms with Crippen LogP contribution in [0.2, 0.25) is 10.0 Å². The van der Waals surface area contributed by atoms with Crippen LogP contribution in [0.3, 0.4) is 0 Å². The summed E-state index contributed by atoms with van der Waals surface area (Å²) >= 11 is 14.1. The highest BCUT2D eigenvalue weighted by molar-refractivity contribution is 7.07. The third-order valence-electron chi connectivity index (χ3n) is 5.78. The predicted octanol–water partition coefficient (Wildman–Crippen LogP) is 4.13. The molecule has 194 valence electrons. The molecular formula is C26H24Cl2N2O6S. The van der Waals surface area contributed by atoms with Gasteiger partial charge in [0.25, 0.3) is 5.56 Å². The van der Waals surface area contributed by atoms with E-state index in [1.165, 1.54) is 37.2 Å². The molecule has 11 heteroatoms. The number of hydrogen-bond acceptors (Lipinski definition) is 8. The molecule has 1 atom stereocenters. The predicted molar refractivity (Wildman–Crippen MR) is 143 cm³/mol. The van der Waals surface area contributed by atoms with Gasteiger partial charge in [0.05, 0.1) is 53.8 Å². The van der Waals surface area contributed by atoms with Gasteiger partial charge in [-0.15, -0.1) is 0 Å². The van der Waals surface area contributed by atoms with Gasteiger partial charge >= 0.3 is 5.97 Å². The van der Waals surface area contributed by atoms with Crippen molar-refractivity contribution in [3.05, 3.63) is 82.5 Å². The Bertz CT molecular complexity index is 1570. The van der Waals surface area contributed by atoms with Crippen LogP contribution in [0.4, 0.5) is 0 Å². The van der Waals surface area contributed by atoms with Crippen LogP contribution in [0.5, 0.6) is 17.2 Å². The number of nitrogens with zero attached hydrogens (tertiary/aromatic N) is 2. The first-order chi connectivity index (χ1) is 17.7. The van der Waals surface area contributed by atoms with E-state index in [1.807, 2.05) is 0 Å². The van der Waals surface area contributed by atoms with Gasteiger partial charge in [0, 0.05) is 5.56 Å². The second kappa shape index (κ2) is 11.0. The number of fused-ring (bicyclic) bond motifs is 1. The van der Waals surface area contributed by atoms with Gasteiger partial charge in [0.2, 0.25) is 5.75 Å². The third kappa shape index (κ3) is 4.86. The molecule has 0 saturated heterocycles. The van der Waals surface area contributed by atoms with Crippen molar-refractivity contribution in [2.24, 2.45) is 4.99 Å². The molecule has 1 aliphatic rings. The van der Waals surface area contributed by atoms with Crippen molar-refractivity contribution in [2.75, 3.05) is 27.9 Å². The van der Waals surface area contributed by atoms with E-state index >= 15 is 0 Å². The maximum absolute atomic E-state index is 13.8. The summed E-state index contributed by atoms with van der Waals surface area (Å²) in [5.74, 6) is 0.757. The zero-order valence-electron chi connectivity index (χ0n) is 20.8. The molecule has 2 aromatic carbocycles. The summed E-state index contributed by atoms with van der Waals surface area (Å²) in [7, 11) is 4.55. The molecule has 0 fully saturated rings. The number of carbonyl (C=O) groups excluding carboxylic acids is 1. The van der Waals surface area contributed by atoms with Crippen molar-refractivity contribution < 1.29 is 23.7 Å². The second-order valence-corrected chi connectivity index (χ2v) is 9.70. The Labute approximate surface area is 227 Å². The topological polar surface area (TPSA) is 88.4 Å². The highest BCUT2D eigenvalue weighted by Crippen LogP contribution is 2.39. The molecule has 0 saturated carbocycles. The molecule has 0 radical (unpaired) electrons. The van der Waals surface area contributed by atoms with Crippen molar-refractivity contribution in [2.45, 2.75) is 19.9 Å². The van der Waals surface area contributed by atoms with Crippen molar-refractivity contribution in [3.63, 3.8) is 0 Å². The number of carbonyl (C=O) groups is 1. The first-order valence-corrected chi connectivity index (χ1v) is 12.8. The van der Waals surface area contributed by atoms with Gasteiger partial charge in [-0.3, -0.25) is 9.36 Å². The van der Waals surface area contributed by atoms with Crippen LogP contribution in [-0.4, -0.2) is 38.5 Å². The zero-order chi connectivity index (χ0) is 26.9. The summed E-state index contributed by atoms with van der Waals surface area (Å²) in [6.07, 6.45) is 1.70. The van der Waals surface area contributed by atoms with Gasteiger partial charge in [-0.2, -0.15) is 0 Å². The summed E-state index contributed by atoms with van der Waals surface area (Å²) in [6.45, 7) is 3.58. The first-order valence-electron chi connectivity index (χ1n) is 11.2. The van der Waals surface area contributed by atoms with Gasteiger partial charge < -0.3 is 18.9 Å². The minimum absolute atomic E-state index is 0.164. The van der Waals surface area contributed by atoms with Gasteiger partial charge in [-0.25, -0.2) is 9.79 Å². The van der Waals surface area contributed by atoms with Gasteiger partial charge in [-0.05, 0) is 43.7 Å². The minimum Gasteiger partial charge on any atom is -0.493 e.